The lowest BCUT2D eigenvalue weighted by Crippen LogP contribution is -2.45. The number of carbonyl (C=O) groups is 5. The number of rotatable bonds is 10. The van der Waals surface area contributed by atoms with Gasteiger partial charge in [-0.15, -0.1) is 0 Å². The van der Waals surface area contributed by atoms with Crippen LogP contribution in [0.15, 0.2) is 23.5 Å². The van der Waals surface area contributed by atoms with Crippen molar-refractivity contribution in [1.29, 1.82) is 0 Å². The predicted octanol–water partition coefficient (Wildman–Crippen LogP) is 2.03. The van der Waals surface area contributed by atoms with E-state index in [0.717, 1.165) is 0 Å². The van der Waals surface area contributed by atoms with Crippen LogP contribution in [0.5, 0.6) is 0 Å². The van der Waals surface area contributed by atoms with Crippen LogP contribution in [0.3, 0.4) is 0 Å². The Morgan fingerprint density at radius 2 is 1.42 bits per heavy atom. The lowest BCUT2D eigenvalue weighted by atomic mass is 9.85. The van der Waals surface area contributed by atoms with E-state index in [9.17, 15) is 24.0 Å². The second-order valence-electron chi connectivity index (χ2n) is 10.7. The molecule has 1 saturated heterocycles. The van der Waals surface area contributed by atoms with E-state index >= 15 is 0 Å². The van der Waals surface area contributed by atoms with Gasteiger partial charge in [-0.25, -0.2) is 0 Å². The zero-order valence-corrected chi connectivity index (χ0v) is 22.6. The molecule has 0 unspecified atom stereocenters. The van der Waals surface area contributed by atoms with Gasteiger partial charge in [-0.05, 0) is 39.3 Å². The lowest BCUT2D eigenvalue weighted by molar-refractivity contribution is -0.191. The lowest BCUT2D eigenvalue weighted by Gasteiger charge is -2.34. The molecule has 12 heteroatoms. The SMILES string of the molecule is CC(=O)OCC1=CO[C@@H](OC(=O)CC(C)(C)OC(C)=O)[C@H]2C1=C[C@H](OC(=O)CC(C)(C)OC(C)=O)[C@]21CO1. The number of epoxide rings is 1. The molecule has 0 radical (unpaired) electrons. The molecule has 2 aliphatic heterocycles. The van der Waals surface area contributed by atoms with Gasteiger partial charge in [0.05, 0.1) is 31.6 Å². The van der Waals surface area contributed by atoms with Crippen LogP contribution in [-0.2, 0) is 57.1 Å². The molecular formula is C26H34O12. The number of hydrogen-bond acceptors (Lipinski definition) is 12. The Bertz CT molecular complexity index is 1060. The van der Waals surface area contributed by atoms with Crippen molar-refractivity contribution in [3.8, 4) is 0 Å². The normalized spacial score (nSPS) is 25.7. The average molecular weight is 539 g/mol. The molecule has 4 atom stereocenters. The first-order chi connectivity index (χ1) is 17.5. The first kappa shape index (κ1) is 29.2. The van der Waals surface area contributed by atoms with Crippen molar-refractivity contribution in [3.05, 3.63) is 23.5 Å². The number of fused-ring (bicyclic) bond motifs is 2. The molecular weight excluding hydrogens is 504 g/mol. The molecule has 3 aliphatic rings. The number of carbonyl (C=O) groups excluding carboxylic acids is 5. The summed E-state index contributed by atoms with van der Waals surface area (Å²) >= 11 is 0. The van der Waals surface area contributed by atoms with Crippen LogP contribution in [0.25, 0.3) is 0 Å². The molecule has 2 heterocycles. The maximum Gasteiger partial charge on any atom is 0.312 e. The maximum absolute atomic E-state index is 12.8. The van der Waals surface area contributed by atoms with E-state index in [0.29, 0.717) is 11.1 Å². The van der Waals surface area contributed by atoms with Crippen molar-refractivity contribution in [2.75, 3.05) is 13.2 Å². The standard InChI is InChI=1S/C26H34O12/c1-14(27)32-11-17-12-33-23(36-21(31)10-25(6,7)38-16(3)29)22-18(17)8-19(26(22)13-34-26)35-20(30)9-24(4,5)37-15(2)28/h8,12,19,22-23H,9-11,13H2,1-7H3/t19-,22+,23-,26+/m0/s1. The van der Waals surface area contributed by atoms with Gasteiger partial charge in [-0.3, -0.25) is 24.0 Å². The van der Waals surface area contributed by atoms with Crippen LogP contribution in [0.2, 0.25) is 0 Å². The van der Waals surface area contributed by atoms with Crippen LogP contribution in [0.4, 0.5) is 0 Å². The van der Waals surface area contributed by atoms with Crippen molar-refractivity contribution < 1.29 is 57.1 Å². The molecule has 12 nitrogen and oxygen atoms in total. The first-order valence-electron chi connectivity index (χ1n) is 12.2. The Morgan fingerprint density at radius 1 is 0.895 bits per heavy atom. The molecule has 210 valence electrons. The quantitative estimate of drug-likeness (QED) is 0.227. The van der Waals surface area contributed by atoms with Crippen LogP contribution < -0.4 is 0 Å². The zero-order chi connectivity index (χ0) is 28.5. The summed E-state index contributed by atoms with van der Waals surface area (Å²) in [5.74, 6) is -3.58. The minimum absolute atomic E-state index is 0.117. The molecule has 0 amide bonds. The molecule has 1 spiro atoms. The second-order valence-corrected chi connectivity index (χ2v) is 10.7. The maximum atomic E-state index is 12.8. The second kappa shape index (κ2) is 10.8. The summed E-state index contributed by atoms with van der Waals surface area (Å²) in [5, 5.41) is 0. The van der Waals surface area contributed by atoms with E-state index in [4.69, 9.17) is 33.2 Å². The average Bonchev–Trinajstić information content (AvgIpc) is 3.44. The molecule has 1 fully saturated rings. The summed E-state index contributed by atoms with van der Waals surface area (Å²) in [7, 11) is 0. The Labute approximate surface area is 220 Å². The van der Waals surface area contributed by atoms with Crippen LogP contribution in [0.1, 0.15) is 61.3 Å². The van der Waals surface area contributed by atoms with Gasteiger partial charge in [0.2, 0.25) is 0 Å². The monoisotopic (exact) mass is 538 g/mol. The Kier molecular flexibility index (Phi) is 8.25. The molecule has 0 aromatic heterocycles. The van der Waals surface area contributed by atoms with E-state index in [1.54, 1.807) is 33.8 Å². The van der Waals surface area contributed by atoms with Gasteiger partial charge in [-0.1, -0.05) is 0 Å². The number of esters is 5. The Hall–Kier alpha value is -3.41. The van der Waals surface area contributed by atoms with Crippen molar-refractivity contribution >= 4 is 29.8 Å². The van der Waals surface area contributed by atoms with Gasteiger partial charge in [0.1, 0.15) is 23.4 Å². The van der Waals surface area contributed by atoms with E-state index in [1.807, 2.05) is 0 Å². The summed E-state index contributed by atoms with van der Waals surface area (Å²) in [5.41, 5.74) is -2.18. The Morgan fingerprint density at radius 3 is 1.89 bits per heavy atom. The highest BCUT2D eigenvalue weighted by Gasteiger charge is 2.68. The largest absolute Gasteiger partial charge is 0.461 e. The minimum atomic E-state index is -1.15. The summed E-state index contributed by atoms with van der Waals surface area (Å²) in [6.45, 7) is 10.2. The fourth-order valence-electron chi connectivity index (χ4n) is 4.68. The topological polar surface area (TPSA) is 153 Å². The van der Waals surface area contributed by atoms with Crippen LogP contribution in [-0.4, -0.2) is 72.3 Å². The molecule has 3 rings (SSSR count). The van der Waals surface area contributed by atoms with E-state index in [2.05, 4.69) is 0 Å². The highest BCUT2D eigenvalue weighted by molar-refractivity contribution is 5.74. The van der Waals surface area contributed by atoms with Crippen molar-refractivity contribution in [1.82, 2.24) is 0 Å². The third-order valence-corrected chi connectivity index (χ3v) is 6.06. The fourth-order valence-corrected chi connectivity index (χ4v) is 4.68. The van der Waals surface area contributed by atoms with E-state index in [1.165, 1.54) is 27.0 Å². The van der Waals surface area contributed by atoms with Gasteiger partial charge in [0, 0.05) is 26.3 Å². The summed E-state index contributed by atoms with van der Waals surface area (Å²) < 4.78 is 38.4. The highest BCUT2D eigenvalue weighted by Crippen LogP contribution is 2.54. The van der Waals surface area contributed by atoms with Crippen LogP contribution in [0, 0.1) is 5.92 Å². The first-order valence-corrected chi connectivity index (χ1v) is 12.2. The molecule has 0 aromatic carbocycles. The Balaban J connectivity index is 1.80. The van der Waals surface area contributed by atoms with Gasteiger partial charge in [0.25, 0.3) is 6.29 Å². The molecule has 0 saturated carbocycles. The minimum Gasteiger partial charge on any atom is -0.461 e. The van der Waals surface area contributed by atoms with Crippen LogP contribution >= 0.6 is 0 Å². The van der Waals surface area contributed by atoms with E-state index in [-0.39, 0.29) is 26.1 Å². The highest BCUT2D eigenvalue weighted by atomic mass is 16.7. The molecule has 0 aromatic rings. The van der Waals surface area contributed by atoms with Gasteiger partial charge in [0.15, 0.2) is 6.10 Å². The van der Waals surface area contributed by atoms with Gasteiger partial charge in [-0.2, -0.15) is 0 Å². The van der Waals surface area contributed by atoms with Gasteiger partial charge >= 0.3 is 29.8 Å². The third kappa shape index (κ3) is 7.12. The van der Waals surface area contributed by atoms with E-state index < -0.39 is 65.0 Å². The van der Waals surface area contributed by atoms with Crippen molar-refractivity contribution in [2.24, 2.45) is 5.92 Å². The predicted molar refractivity (Wildman–Crippen MR) is 127 cm³/mol. The number of hydrogen-bond donors (Lipinski definition) is 0. The summed E-state index contributed by atoms with van der Waals surface area (Å²) in [6.07, 6.45) is 0.527. The molecule has 0 N–H and O–H groups in total. The summed E-state index contributed by atoms with van der Waals surface area (Å²) in [4.78, 5) is 59.7. The fraction of sp³-hybridized carbons (Fsp3) is 0.654. The van der Waals surface area contributed by atoms with Crippen molar-refractivity contribution in [2.45, 2.75) is 90.5 Å². The molecule has 0 bridgehead atoms. The third-order valence-electron chi connectivity index (χ3n) is 6.06. The smallest absolute Gasteiger partial charge is 0.312 e. The molecule has 38 heavy (non-hydrogen) atoms. The van der Waals surface area contributed by atoms with Crippen molar-refractivity contribution in [3.63, 3.8) is 0 Å². The zero-order valence-electron chi connectivity index (χ0n) is 22.6. The molecule has 1 aliphatic carbocycles. The van der Waals surface area contributed by atoms with Gasteiger partial charge < -0.3 is 33.2 Å². The summed E-state index contributed by atoms with van der Waals surface area (Å²) in [6, 6.07) is 0. The number of ether oxygens (including phenoxy) is 7.